The monoisotopic (exact) mass is 295 g/mol. The molecule has 0 fully saturated rings. The number of carbonyl (C=O) groups is 1. The van der Waals surface area contributed by atoms with Gasteiger partial charge in [0.1, 0.15) is 5.76 Å². The van der Waals surface area contributed by atoms with E-state index >= 15 is 0 Å². The molecule has 0 aliphatic heterocycles. The maximum atomic E-state index is 11.9. The summed E-state index contributed by atoms with van der Waals surface area (Å²) in [5, 5.41) is 3.36. The van der Waals surface area contributed by atoms with Gasteiger partial charge in [-0.15, -0.1) is 11.8 Å². The molecule has 2 aromatic rings. The van der Waals surface area contributed by atoms with E-state index in [2.05, 4.69) is 5.32 Å². The maximum Gasteiger partial charge on any atom is 0.233 e. The Morgan fingerprint density at radius 2 is 2.11 bits per heavy atom. The average Bonchev–Trinajstić information content (AvgIpc) is 2.91. The standard InChI is InChI=1S/C14H14ClNO2S/c1-10(19-13-6-4-11(15)5-7-13)14(17)16-9-12-3-2-8-18-12/h2-8,10H,9H2,1H3,(H,16,17)/t10-/m0/s1. The number of halogens is 1. The van der Waals surface area contributed by atoms with Crippen LogP contribution in [-0.4, -0.2) is 11.2 Å². The second-order valence-electron chi connectivity index (χ2n) is 4.01. The Hall–Kier alpha value is -1.39. The summed E-state index contributed by atoms with van der Waals surface area (Å²) < 4.78 is 5.16. The predicted molar refractivity (Wildman–Crippen MR) is 77.3 cm³/mol. The van der Waals surface area contributed by atoms with E-state index in [1.807, 2.05) is 37.3 Å². The fourth-order valence-electron chi connectivity index (χ4n) is 1.50. The van der Waals surface area contributed by atoms with Crippen molar-refractivity contribution in [1.82, 2.24) is 5.32 Å². The fraction of sp³-hybridized carbons (Fsp3) is 0.214. The number of nitrogens with one attached hydrogen (secondary N) is 1. The maximum absolute atomic E-state index is 11.9. The molecule has 1 N–H and O–H groups in total. The van der Waals surface area contributed by atoms with Crippen molar-refractivity contribution < 1.29 is 9.21 Å². The lowest BCUT2D eigenvalue weighted by Crippen LogP contribution is -2.30. The third-order valence-electron chi connectivity index (χ3n) is 2.51. The van der Waals surface area contributed by atoms with Gasteiger partial charge in [0, 0.05) is 9.92 Å². The van der Waals surface area contributed by atoms with Crippen LogP contribution in [0.4, 0.5) is 0 Å². The minimum Gasteiger partial charge on any atom is -0.467 e. The molecule has 1 amide bonds. The largest absolute Gasteiger partial charge is 0.467 e. The normalized spacial score (nSPS) is 12.1. The summed E-state index contributed by atoms with van der Waals surface area (Å²) in [5.74, 6) is 0.730. The van der Waals surface area contributed by atoms with Crippen LogP contribution in [-0.2, 0) is 11.3 Å². The van der Waals surface area contributed by atoms with Gasteiger partial charge in [-0.05, 0) is 43.3 Å². The van der Waals surface area contributed by atoms with E-state index in [4.69, 9.17) is 16.0 Å². The number of benzene rings is 1. The van der Waals surface area contributed by atoms with Gasteiger partial charge in [0.2, 0.25) is 5.91 Å². The lowest BCUT2D eigenvalue weighted by molar-refractivity contribution is -0.120. The van der Waals surface area contributed by atoms with E-state index in [0.29, 0.717) is 11.6 Å². The molecule has 1 aromatic heterocycles. The zero-order valence-corrected chi connectivity index (χ0v) is 12.0. The first-order valence-corrected chi connectivity index (χ1v) is 7.13. The molecule has 3 nitrogen and oxygen atoms in total. The highest BCUT2D eigenvalue weighted by molar-refractivity contribution is 8.00. The minimum atomic E-state index is -0.170. The van der Waals surface area contributed by atoms with Crippen molar-refractivity contribution in [2.75, 3.05) is 0 Å². The van der Waals surface area contributed by atoms with Crippen molar-refractivity contribution >= 4 is 29.3 Å². The number of carbonyl (C=O) groups excluding carboxylic acids is 1. The van der Waals surface area contributed by atoms with Crippen LogP contribution < -0.4 is 5.32 Å². The summed E-state index contributed by atoms with van der Waals surface area (Å²) >= 11 is 7.31. The minimum absolute atomic E-state index is 0.0173. The second kappa shape index (κ2) is 6.68. The van der Waals surface area contributed by atoms with E-state index in [-0.39, 0.29) is 11.2 Å². The summed E-state index contributed by atoms with van der Waals surface area (Å²) in [6.07, 6.45) is 1.59. The molecule has 0 spiro atoms. The molecule has 0 aliphatic carbocycles. The molecule has 2 rings (SSSR count). The molecule has 0 aliphatic rings. The Morgan fingerprint density at radius 3 is 2.74 bits per heavy atom. The van der Waals surface area contributed by atoms with Crippen molar-refractivity contribution in [1.29, 1.82) is 0 Å². The SMILES string of the molecule is C[C@H](Sc1ccc(Cl)cc1)C(=O)NCc1ccco1. The molecule has 1 aromatic carbocycles. The summed E-state index contributed by atoms with van der Waals surface area (Å²) in [7, 11) is 0. The number of thioether (sulfide) groups is 1. The van der Waals surface area contributed by atoms with Crippen LogP contribution in [0.2, 0.25) is 5.02 Å². The topological polar surface area (TPSA) is 42.2 Å². The first kappa shape index (κ1) is 14.0. The summed E-state index contributed by atoms with van der Waals surface area (Å²) in [4.78, 5) is 12.9. The molecule has 0 bridgehead atoms. The second-order valence-corrected chi connectivity index (χ2v) is 5.86. The van der Waals surface area contributed by atoms with Crippen molar-refractivity contribution in [3.05, 3.63) is 53.4 Å². The van der Waals surface area contributed by atoms with E-state index in [9.17, 15) is 4.79 Å². The highest BCUT2D eigenvalue weighted by Crippen LogP contribution is 2.24. The molecule has 5 heteroatoms. The molecule has 0 saturated carbocycles. The first-order valence-electron chi connectivity index (χ1n) is 5.87. The summed E-state index contributed by atoms with van der Waals surface area (Å²) in [6.45, 7) is 2.29. The average molecular weight is 296 g/mol. The van der Waals surface area contributed by atoms with Gasteiger partial charge in [0.15, 0.2) is 0 Å². The Morgan fingerprint density at radius 1 is 1.37 bits per heavy atom. The van der Waals surface area contributed by atoms with Gasteiger partial charge >= 0.3 is 0 Å². The number of hydrogen-bond donors (Lipinski definition) is 1. The van der Waals surface area contributed by atoms with Gasteiger partial charge in [0.05, 0.1) is 18.1 Å². The number of furan rings is 1. The predicted octanol–water partition coefficient (Wildman–Crippen LogP) is 3.73. The Labute approximate surface area is 121 Å². The van der Waals surface area contributed by atoms with Crippen LogP contribution in [0.25, 0.3) is 0 Å². The molecule has 0 unspecified atom stereocenters. The molecule has 1 atom stereocenters. The molecular formula is C14H14ClNO2S. The van der Waals surface area contributed by atoms with Gasteiger partial charge in [-0.3, -0.25) is 4.79 Å². The van der Waals surface area contributed by atoms with Gasteiger partial charge in [0.25, 0.3) is 0 Å². The summed E-state index contributed by atoms with van der Waals surface area (Å²) in [6, 6.07) is 11.1. The lowest BCUT2D eigenvalue weighted by atomic mass is 10.4. The third kappa shape index (κ3) is 4.33. The van der Waals surface area contributed by atoms with Crippen LogP contribution in [0.15, 0.2) is 52.0 Å². The van der Waals surface area contributed by atoms with Crippen molar-refractivity contribution in [2.45, 2.75) is 23.6 Å². The van der Waals surface area contributed by atoms with Gasteiger partial charge in [-0.2, -0.15) is 0 Å². The van der Waals surface area contributed by atoms with E-state index < -0.39 is 0 Å². The van der Waals surface area contributed by atoms with E-state index in [0.717, 1.165) is 10.7 Å². The highest BCUT2D eigenvalue weighted by atomic mass is 35.5. The molecule has 0 radical (unpaired) electrons. The van der Waals surface area contributed by atoms with Crippen LogP contribution in [0, 0.1) is 0 Å². The van der Waals surface area contributed by atoms with E-state index in [1.54, 1.807) is 12.3 Å². The van der Waals surface area contributed by atoms with Crippen molar-refractivity contribution in [3.8, 4) is 0 Å². The zero-order valence-electron chi connectivity index (χ0n) is 10.4. The van der Waals surface area contributed by atoms with Crippen molar-refractivity contribution in [2.24, 2.45) is 0 Å². The number of hydrogen-bond acceptors (Lipinski definition) is 3. The Balaban J connectivity index is 1.83. The number of rotatable bonds is 5. The van der Waals surface area contributed by atoms with E-state index in [1.165, 1.54) is 11.8 Å². The third-order valence-corrected chi connectivity index (χ3v) is 3.88. The van der Waals surface area contributed by atoms with Gasteiger partial charge < -0.3 is 9.73 Å². The Bertz CT molecular complexity index is 525. The zero-order chi connectivity index (χ0) is 13.7. The first-order chi connectivity index (χ1) is 9.15. The van der Waals surface area contributed by atoms with Gasteiger partial charge in [-0.1, -0.05) is 11.6 Å². The molecule has 0 saturated heterocycles. The molecule has 19 heavy (non-hydrogen) atoms. The highest BCUT2D eigenvalue weighted by Gasteiger charge is 2.14. The van der Waals surface area contributed by atoms with Gasteiger partial charge in [-0.25, -0.2) is 0 Å². The summed E-state index contributed by atoms with van der Waals surface area (Å²) in [5.41, 5.74) is 0. The van der Waals surface area contributed by atoms with Crippen LogP contribution in [0.5, 0.6) is 0 Å². The Kier molecular flexibility index (Phi) is 4.93. The molecule has 100 valence electrons. The molecular weight excluding hydrogens is 282 g/mol. The smallest absolute Gasteiger partial charge is 0.233 e. The number of amides is 1. The van der Waals surface area contributed by atoms with Crippen LogP contribution in [0.1, 0.15) is 12.7 Å². The quantitative estimate of drug-likeness (QED) is 0.855. The molecule has 1 heterocycles. The van der Waals surface area contributed by atoms with Crippen molar-refractivity contribution in [3.63, 3.8) is 0 Å². The lowest BCUT2D eigenvalue weighted by Gasteiger charge is -2.11. The van der Waals surface area contributed by atoms with Crippen LogP contribution in [0.3, 0.4) is 0 Å². The fourth-order valence-corrected chi connectivity index (χ4v) is 2.52. The van der Waals surface area contributed by atoms with Crippen LogP contribution >= 0.6 is 23.4 Å².